The van der Waals surface area contributed by atoms with Crippen LogP contribution >= 0.6 is 11.8 Å². The number of hydrazine groups is 1. The van der Waals surface area contributed by atoms with Crippen molar-refractivity contribution in [2.75, 3.05) is 18.8 Å². The maximum atomic E-state index is 12.6. The number of amides is 2. The molecule has 0 aliphatic carbocycles. The van der Waals surface area contributed by atoms with Crippen LogP contribution in [0.4, 0.5) is 0 Å². The number of rotatable bonds is 10. The van der Waals surface area contributed by atoms with Gasteiger partial charge in [-0.15, -0.1) is 11.8 Å². The van der Waals surface area contributed by atoms with Crippen LogP contribution in [0.15, 0.2) is 64.4 Å². The van der Waals surface area contributed by atoms with Gasteiger partial charge in [-0.05, 0) is 42.5 Å². The summed E-state index contributed by atoms with van der Waals surface area (Å²) in [4.78, 5) is 25.4. The Morgan fingerprint density at radius 2 is 1.67 bits per heavy atom. The molecule has 162 valence electrons. The van der Waals surface area contributed by atoms with Crippen molar-refractivity contribution in [2.24, 2.45) is 0 Å². The number of nitrogens with zero attached hydrogens (tertiary/aromatic N) is 1. The van der Waals surface area contributed by atoms with E-state index < -0.39 is 15.9 Å². The first-order valence-corrected chi connectivity index (χ1v) is 12.2. The van der Waals surface area contributed by atoms with Gasteiger partial charge in [0.25, 0.3) is 5.91 Å². The molecule has 0 saturated carbocycles. The molecule has 2 rings (SSSR count). The van der Waals surface area contributed by atoms with Gasteiger partial charge in [0.05, 0.1) is 4.90 Å². The Morgan fingerprint density at radius 3 is 2.33 bits per heavy atom. The average molecular weight is 450 g/mol. The number of benzene rings is 2. The molecule has 9 heteroatoms. The van der Waals surface area contributed by atoms with E-state index in [1.54, 1.807) is 25.6 Å². The minimum absolute atomic E-state index is 0.0445. The van der Waals surface area contributed by atoms with Crippen LogP contribution in [0.3, 0.4) is 0 Å². The summed E-state index contributed by atoms with van der Waals surface area (Å²) >= 11 is 1.67. The molecule has 0 bridgehead atoms. The summed E-state index contributed by atoms with van der Waals surface area (Å²) in [6, 6.07) is 15.7. The normalized spacial score (nSPS) is 11.3. The zero-order valence-corrected chi connectivity index (χ0v) is 18.8. The van der Waals surface area contributed by atoms with E-state index in [9.17, 15) is 18.0 Å². The highest BCUT2D eigenvalue weighted by atomic mass is 32.2. The van der Waals surface area contributed by atoms with E-state index in [1.807, 2.05) is 30.3 Å². The number of nitrogens with one attached hydrogen (secondary N) is 2. The van der Waals surface area contributed by atoms with Crippen molar-refractivity contribution in [1.82, 2.24) is 15.2 Å². The molecule has 0 spiro atoms. The highest BCUT2D eigenvalue weighted by Gasteiger charge is 2.22. The molecular weight excluding hydrogens is 422 g/mol. The third-order valence-corrected chi connectivity index (χ3v) is 7.46. The first-order chi connectivity index (χ1) is 14.4. The SMILES string of the molecule is CCN(CC)S(=O)(=O)c1cccc(C(=O)NNC(=O)CCCSc2ccccc2)c1. The van der Waals surface area contributed by atoms with Crippen LogP contribution in [0.25, 0.3) is 0 Å². The molecule has 0 aliphatic heterocycles. The molecule has 0 fully saturated rings. The second kappa shape index (κ2) is 11.7. The Kier molecular flexibility index (Phi) is 9.35. The van der Waals surface area contributed by atoms with Gasteiger partial charge < -0.3 is 0 Å². The van der Waals surface area contributed by atoms with Crippen molar-refractivity contribution < 1.29 is 18.0 Å². The van der Waals surface area contributed by atoms with Crippen LogP contribution in [-0.4, -0.2) is 43.4 Å². The lowest BCUT2D eigenvalue weighted by atomic mass is 10.2. The van der Waals surface area contributed by atoms with Crippen LogP contribution < -0.4 is 10.9 Å². The second-order valence-corrected chi connectivity index (χ2v) is 9.49. The largest absolute Gasteiger partial charge is 0.273 e. The van der Waals surface area contributed by atoms with Crippen molar-refractivity contribution in [3.63, 3.8) is 0 Å². The van der Waals surface area contributed by atoms with Crippen molar-refractivity contribution in [3.05, 3.63) is 60.2 Å². The fourth-order valence-electron chi connectivity index (χ4n) is 2.71. The summed E-state index contributed by atoms with van der Waals surface area (Å²) in [5, 5.41) is 0. The first kappa shape index (κ1) is 23.9. The Labute approximate surface area is 182 Å². The molecule has 0 radical (unpaired) electrons. The van der Waals surface area contributed by atoms with E-state index in [-0.39, 0.29) is 22.8 Å². The van der Waals surface area contributed by atoms with E-state index in [1.165, 1.54) is 28.6 Å². The van der Waals surface area contributed by atoms with Gasteiger partial charge >= 0.3 is 0 Å². The summed E-state index contributed by atoms with van der Waals surface area (Å²) in [6.07, 6.45) is 0.940. The number of carbonyl (C=O) groups is 2. The summed E-state index contributed by atoms with van der Waals surface area (Å²) in [5.41, 5.74) is 4.87. The molecular formula is C21H27N3O4S2. The lowest BCUT2D eigenvalue weighted by molar-refractivity contribution is -0.121. The second-order valence-electron chi connectivity index (χ2n) is 6.38. The smallest absolute Gasteiger partial charge is 0.269 e. The summed E-state index contributed by atoms with van der Waals surface area (Å²) < 4.78 is 26.5. The summed E-state index contributed by atoms with van der Waals surface area (Å²) in [5.74, 6) is -0.0843. The molecule has 2 aromatic carbocycles. The van der Waals surface area contributed by atoms with E-state index >= 15 is 0 Å². The molecule has 0 heterocycles. The lowest BCUT2D eigenvalue weighted by Gasteiger charge is -2.18. The minimum Gasteiger partial charge on any atom is -0.273 e. The Balaban J connectivity index is 1.84. The molecule has 0 unspecified atom stereocenters. The Bertz CT molecular complexity index is 946. The maximum Gasteiger partial charge on any atom is 0.269 e. The van der Waals surface area contributed by atoms with Gasteiger partial charge in [0.15, 0.2) is 0 Å². The van der Waals surface area contributed by atoms with Gasteiger partial charge in [0, 0.05) is 30.0 Å². The number of carbonyl (C=O) groups excluding carboxylic acids is 2. The van der Waals surface area contributed by atoms with E-state index in [0.717, 1.165) is 10.6 Å². The fraction of sp³-hybridized carbons (Fsp3) is 0.333. The predicted octanol–water partition coefficient (Wildman–Crippen LogP) is 3.05. The van der Waals surface area contributed by atoms with Crippen molar-refractivity contribution in [1.29, 1.82) is 0 Å². The van der Waals surface area contributed by atoms with Gasteiger partial charge in [0.1, 0.15) is 0 Å². The maximum absolute atomic E-state index is 12.6. The van der Waals surface area contributed by atoms with Crippen LogP contribution in [0.5, 0.6) is 0 Å². The quantitative estimate of drug-likeness (QED) is 0.330. The molecule has 0 aromatic heterocycles. The van der Waals surface area contributed by atoms with Crippen molar-refractivity contribution in [2.45, 2.75) is 36.5 Å². The number of sulfonamides is 1. The Morgan fingerprint density at radius 1 is 0.967 bits per heavy atom. The molecule has 2 amide bonds. The average Bonchev–Trinajstić information content (AvgIpc) is 2.76. The monoisotopic (exact) mass is 449 g/mol. The highest BCUT2D eigenvalue weighted by molar-refractivity contribution is 7.99. The third kappa shape index (κ3) is 6.86. The van der Waals surface area contributed by atoms with Crippen molar-refractivity contribution >= 4 is 33.6 Å². The Hall–Kier alpha value is -2.36. The standard InChI is InChI=1S/C21H27N3O4S2/c1-3-24(4-2)30(27,28)19-13-8-10-17(16-19)21(26)23-22-20(25)14-9-15-29-18-11-6-5-7-12-18/h5-8,10-13,16H,3-4,9,14-15H2,1-2H3,(H,22,25)(H,23,26). The van der Waals surface area contributed by atoms with Crippen LogP contribution in [-0.2, 0) is 14.8 Å². The van der Waals surface area contributed by atoms with Crippen LogP contribution in [0.1, 0.15) is 37.0 Å². The summed E-state index contributed by atoms with van der Waals surface area (Å²) in [6.45, 7) is 4.19. The van der Waals surface area contributed by atoms with Gasteiger partial charge in [-0.3, -0.25) is 20.4 Å². The van der Waals surface area contributed by atoms with Crippen LogP contribution in [0.2, 0.25) is 0 Å². The highest BCUT2D eigenvalue weighted by Crippen LogP contribution is 2.18. The zero-order chi connectivity index (χ0) is 22.0. The molecule has 0 aliphatic rings. The molecule has 7 nitrogen and oxygen atoms in total. The molecule has 0 atom stereocenters. The van der Waals surface area contributed by atoms with Gasteiger partial charge in [-0.25, -0.2) is 8.42 Å². The third-order valence-electron chi connectivity index (χ3n) is 4.31. The first-order valence-electron chi connectivity index (χ1n) is 9.75. The zero-order valence-electron chi connectivity index (χ0n) is 17.1. The number of thioether (sulfide) groups is 1. The molecule has 2 N–H and O–H groups in total. The number of hydrogen-bond acceptors (Lipinski definition) is 5. The minimum atomic E-state index is -3.66. The van der Waals surface area contributed by atoms with Gasteiger partial charge in [-0.1, -0.05) is 38.1 Å². The topological polar surface area (TPSA) is 95.6 Å². The molecule has 30 heavy (non-hydrogen) atoms. The number of hydrogen-bond donors (Lipinski definition) is 2. The lowest BCUT2D eigenvalue weighted by Crippen LogP contribution is -2.41. The van der Waals surface area contributed by atoms with Crippen molar-refractivity contribution in [3.8, 4) is 0 Å². The van der Waals surface area contributed by atoms with E-state index in [2.05, 4.69) is 10.9 Å². The predicted molar refractivity (Wildman–Crippen MR) is 119 cm³/mol. The van der Waals surface area contributed by atoms with E-state index in [0.29, 0.717) is 19.5 Å². The molecule has 0 saturated heterocycles. The van der Waals surface area contributed by atoms with E-state index in [4.69, 9.17) is 0 Å². The summed E-state index contributed by atoms with van der Waals surface area (Å²) in [7, 11) is -3.66. The van der Waals surface area contributed by atoms with Gasteiger partial charge in [-0.2, -0.15) is 4.31 Å². The van der Waals surface area contributed by atoms with Gasteiger partial charge in [0.2, 0.25) is 15.9 Å². The fourth-order valence-corrected chi connectivity index (χ4v) is 5.09. The molecule has 2 aromatic rings. The van der Waals surface area contributed by atoms with Crippen LogP contribution in [0, 0.1) is 0 Å².